The highest BCUT2D eigenvalue weighted by Gasteiger charge is 2.26. The summed E-state index contributed by atoms with van der Waals surface area (Å²) in [7, 11) is 0. The largest absolute Gasteiger partial charge is 0.455 e. The Morgan fingerprint density at radius 3 is 2.83 bits per heavy atom. The third-order valence-corrected chi connectivity index (χ3v) is 5.65. The fourth-order valence-electron chi connectivity index (χ4n) is 2.67. The van der Waals surface area contributed by atoms with Crippen molar-refractivity contribution in [2.75, 3.05) is 11.9 Å². The van der Waals surface area contributed by atoms with Crippen LogP contribution in [0, 0.1) is 0 Å². The van der Waals surface area contributed by atoms with E-state index in [9.17, 15) is 14.4 Å². The topological polar surface area (TPSA) is 98.5 Å². The van der Waals surface area contributed by atoms with E-state index in [2.05, 4.69) is 5.32 Å². The number of primary amides is 1. The average molecular weight is 364 g/mol. The monoisotopic (exact) mass is 364 g/mol. The van der Waals surface area contributed by atoms with Gasteiger partial charge >= 0.3 is 5.97 Å². The van der Waals surface area contributed by atoms with Crippen LogP contribution < -0.4 is 11.1 Å². The van der Waals surface area contributed by atoms with Crippen molar-refractivity contribution >= 4 is 45.5 Å². The molecule has 8 heteroatoms. The van der Waals surface area contributed by atoms with Gasteiger partial charge in [0.2, 0.25) is 0 Å². The van der Waals surface area contributed by atoms with Gasteiger partial charge < -0.3 is 15.8 Å². The van der Waals surface area contributed by atoms with Gasteiger partial charge in [-0.25, -0.2) is 0 Å². The molecule has 3 rings (SSSR count). The summed E-state index contributed by atoms with van der Waals surface area (Å²) in [5.74, 6) is -1.48. The Hall–Kier alpha value is -2.19. The van der Waals surface area contributed by atoms with Crippen LogP contribution in [0.3, 0.4) is 0 Å². The highest BCUT2D eigenvalue weighted by molar-refractivity contribution is 7.17. The van der Waals surface area contributed by atoms with Crippen molar-refractivity contribution in [2.45, 2.75) is 25.7 Å². The SMILES string of the molecule is NC(=O)c1c(NC(=O)COC(=O)Cc2ccsc2)sc2c1CCC2. The third-order valence-electron chi connectivity index (χ3n) is 3.71. The summed E-state index contributed by atoms with van der Waals surface area (Å²) in [6.07, 6.45) is 2.83. The summed E-state index contributed by atoms with van der Waals surface area (Å²) in [5, 5.41) is 6.82. The Kier molecular flexibility index (Phi) is 4.96. The Balaban J connectivity index is 1.57. The molecule has 0 aliphatic heterocycles. The van der Waals surface area contributed by atoms with Crippen LogP contribution in [-0.2, 0) is 33.6 Å². The molecule has 0 unspecified atom stereocenters. The highest BCUT2D eigenvalue weighted by Crippen LogP contribution is 2.38. The Labute approximate surface area is 146 Å². The summed E-state index contributed by atoms with van der Waals surface area (Å²) in [6.45, 7) is -0.385. The fraction of sp³-hybridized carbons (Fsp3) is 0.312. The molecule has 0 aromatic carbocycles. The number of hydrogen-bond acceptors (Lipinski definition) is 6. The van der Waals surface area contributed by atoms with E-state index in [0.29, 0.717) is 10.6 Å². The van der Waals surface area contributed by atoms with Gasteiger partial charge in [0.1, 0.15) is 5.00 Å². The van der Waals surface area contributed by atoms with Crippen LogP contribution >= 0.6 is 22.7 Å². The molecule has 1 aliphatic rings. The van der Waals surface area contributed by atoms with Crippen molar-refractivity contribution in [3.63, 3.8) is 0 Å². The predicted molar refractivity (Wildman–Crippen MR) is 92.5 cm³/mol. The first-order valence-electron chi connectivity index (χ1n) is 7.45. The molecule has 2 aromatic rings. The van der Waals surface area contributed by atoms with Gasteiger partial charge in [-0.05, 0) is 47.2 Å². The second-order valence-corrected chi connectivity index (χ2v) is 7.33. The van der Waals surface area contributed by atoms with Crippen LogP contribution in [0.2, 0.25) is 0 Å². The van der Waals surface area contributed by atoms with Gasteiger partial charge in [0.05, 0.1) is 12.0 Å². The second kappa shape index (κ2) is 7.14. The number of thiophene rings is 2. The molecule has 0 atom stereocenters. The van der Waals surface area contributed by atoms with Crippen molar-refractivity contribution in [1.82, 2.24) is 0 Å². The summed E-state index contributed by atoms with van der Waals surface area (Å²) in [5.41, 5.74) is 7.63. The molecule has 0 saturated heterocycles. The molecule has 0 bridgehead atoms. The normalized spacial score (nSPS) is 12.7. The van der Waals surface area contributed by atoms with Gasteiger partial charge in [0.15, 0.2) is 6.61 Å². The average Bonchev–Trinajstić information content (AvgIpc) is 3.21. The number of rotatable bonds is 6. The number of carbonyl (C=O) groups excluding carboxylic acids is 3. The number of carbonyl (C=O) groups is 3. The van der Waals surface area contributed by atoms with Crippen molar-refractivity contribution in [3.05, 3.63) is 38.4 Å². The third kappa shape index (κ3) is 3.65. The van der Waals surface area contributed by atoms with E-state index in [1.807, 2.05) is 16.8 Å². The number of amides is 2. The molecule has 2 aromatic heterocycles. The van der Waals surface area contributed by atoms with E-state index < -0.39 is 17.8 Å². The molecule has 0 radical (unpaired) electrons. The number of nitrogens with one attached hydrogen (secondary N) is 1. The molecule has 2 heterocycles. The van der Waals surface area contributed by atoms with Crippen LogP contribution in [0.4, 0.5) is 5.00 Å². The first-order chi connectivity index (χ1) is 11.5. The van der Waals surface area contributed by atoms with E-state index in [1.165, 1.54) is 22.7 Å². The standard InChI is InChI=1S/C16H16N2O4S2/c17-15(21)14-10-2-1-3-11(10)24-16(14)18-12(19)7-22-13(20)6-9-4-5-23-8-9/h4-5,8H,1-3,6-7H2,(H2,17,21)(H,18,19). The lowest BCUT2D eigenvalue weighted by Gasteiger charge is -2.07. The van der Waals surface area contributed by atoms with Crippen LogP contribution in [0.1, 0.15) is 32.8 Å². The van der Waals surface area contributed by atoms with E-state index in [4.69, 9.17) is 10.5 Å². The first kappa shape index (κ1) is 16.7. The van der Waals surface area contributed by atoms with Crippen LogP contribution in [0.25, 0.3) is 0 Å². The van der Waals surface area contributed by atoms with Crippen molar-refractivity contribution in [3.8, 4) is 0 Å². The lowest BCUT2D eigenvalue weighted by molar-refractivity contribution is -0.146. The minimum atomic E-state index is -0.542. The first-order valence-corrected chi connectivity index (χ1v) is 9.21. The Morgan fingerprint density at radius 1 is 1.29 bits per heavy atom. The van der Waals surface area contributed by atoms with Gasteiger partial charge in [-0.2, -0.15) is 11.3 Å². The quantitative estimate of drug-likeness (QED) is 0.767. The number of aryl methyl sites for hydroxylation is 1. The molecule has 0 fully saturated rings. The van der Waals surface area contributed by atoms with Crippen molar-refractivity contribution < 1.29 is 19.1 Å². The minimum absolute atomic E-state index is 0.136. The zero-order chi connectivity index (χ0) is 17.1. The van der Waals surface area contributed by atoms with Gasteiger partial charge in [0.25, 0.3) is 11.8 Å². The molecular weight excluding hydrogens is 348 g/mol. The minimum Gasteiger partial charge on any atom is -0.455 e. The van der Waals surface area contributed by atoms with Gasteiger partial charge in [-0.15, -0.1) is 11.3 Å². The van der Waals surface area contributed by atoms with Gasteiger partial charge in [-0.1, -0.05) is 0 Å². The number of fused-ring (bicyclic) bond motifs is 1. The van der Waals surface area contributed by atoms with Gasteiger partial charge in [-0.3, -0.25) is 14.4 Å². The molecule has 6 nitrogen and oxygen atoms in total. The second-order valence-electron chi connectivity index (χ2n) is 5.44. The zero-order valence-electron chi connectivity index (χ0n) is 12.8. The van der Waals surface area contributed by atoms with E-state index in [-0.39, 0.29) is 13.0 Å². The molecule has 3 N–H and O–H groups in total. The molecule has 24 heavy (non-hydrogen) atoms. The molecule has 0 saturated carbocycles. The molecule has 126 valence electrons. The Bertz CT molecular complexity index is 780. The maximum atomic E-state index is 12.0. The van der Waals surface area contributed by atoms with Crippen molar-refractivity contribution in [1.29, 1.82) is 0 Å². The smallest absolute Gasteiger partial charge is 0.310 e. The summed E-state index contributed by atoms with van der Waals surface area (Å²) >= 11 is 2.87. The molecule has 2 amide bonds. The number of ether oxygens (including phenoxy) is 1. The fourth-order valence-corrected chi connectivity index (χ4v) is 4.65. The van der Waals surface area contributed by atoms with E-state index in [0.717, 1.165) is 35.3 Å². The zero-order valence-corrected chi connectivity index (χ0v) is 14.4. The maximum Gasteiger partial charge on any atom is 0.310 e. The summed E-state index contributed by atoms with van der Waals surface area (Å²) in [6, 6.07) is 1.83. The molecule has 1 aliphatic carbocycles. The van der Waals surface area contributed by atoms with Crippen molar-refractivity contribution in [2.24, 2.45) is 5.73 Å². The summed E-state index contributed by atoms with van der Waals surface area (Å²) < 4.78 is 4.97. The maximum absolute atomic E-state index is 12.0. The van der Waals surface area contributed by atoms with Crippen LogP contribution in [0.15, 0.2) is 16.8 Å². The lowest BCUT2D eigenvalue weighted by Crippen LogP contribution is -2.23. The predicted octanol–water partition coefficient (Wildman–Crippen LogP) is 2.12. The Morgan fingerprint density at radius 2 is 2.12 bits per heavy atom. The molecular formula is C16H16N2O4S2. The van der Waals surface area contributed by atoms with Crippen LogP contribution in [-0.4, -0.2) is 24.4 Å². The number of hydrogen-bond donors (Lipinski definition) is 2. The van der Waals surface area contributed by atoms with Gasteiger partial charge in [0, 0.05) is 4.88 Å². The van der Waals surface area contributed by atoms with E-state index >= 15 is 0 Å². The van der Waals surface area contributed by atoms with E-state index in [1.54, 1.807) is 0 Å². The van der Waals surface area contributed by atoms with Crippen LogP contribution in [0.5, 0.6) is 0 Å². The highest BCUT2D eigenvalue weighted by atomic mass is 32.1. The summed E-state index contributed by atoms with van der Waals surface area (Å²) in [4.78, 5) is 36.4. The molecule has 0 spiro atoms. The number of esters is 1. The lowest BCUT2D eigenvalue weighted by atomic mass is 10.1. The number of nitrogens with two attached hydrogens (primary N) is 1. The number of anilines is 1.